The van der Waals surface area contributed by atoms with Gasteiger partial charge in [0.05, 0.1) is 0 Å². The third kappa shape index (κ3) is 5.90. The Labute approximate surface area is 172 Å². The molecule has 1 unspecified atom stereocenters. The summed E-state index contributed by atoms with van der Waals surface area (Å²) in [5.74, 6) is -2.06. The summed E-state index contributed by atoms with van der Waals surface area (Å²) >= 11 is 0. The highest BCUT2D eigenvalue weighted by atomic mass is 32.2. The number of aryl methyl sites for hydroxylation is 3. The Bertz CT molecular complexity index is 960. The fraction of sp³-hybridized carbons (Fsp3) is 0.364. The molecule has 2 amide bonds. The van der Waals surface area contributed by atoms with Crippen molar-refractivity contribution in [3.8, 4) is 0 Å². The first-order chi connectivity index (χ1) is 13.7. The third-order valence-electron chi connectivity index (χ3n) is 4.82. The van der Waals surface area contributed by atoms with Crippen molar-refractivity contribution >= 4 is 33.0 Å². The van der Waals surface area contributed by atoms with E-state index >= 15 is 0 Å². The summed E-state index contributed by atoms with van der Waals surface area (Å²) < 4.78 is 25.2. The molecule has 156 valence electrons. The van der Waals surface area contributed by atoms with Gasteiger partial charge in [-0.3, -0.25) is 9.59 Å². The van der Waals surface area contributed by atoms with Gasteiger partial charge < -0.3 is 10.6 Å². The van der Waals surface area contributed by atoms with Gasteiger partial charge in [0.25, 0.3) is 0 Å². The molecular weight excluding hydrogens is 388 g/mol. The van der Waals surface area contributed by atoms with Gasteiger partial charge in [0.15, 0.2) is 9.84 Å². The van der Waals surface area contributed by atoms with E-state index in [-0.39, 0.29) is 0 Å². The average molecular weight is 417 g/mol. The predicted octanol–water partition coefficient (Wildman–Crippen LogP) is 3.50. The molecule has 1 atom stereocenters. The highest BCUT2D eigenvalue weighted by molar-refractivity contribution is 7.93. The molecule has 2 aromatic carbocycles. The number of benzene rings is 2. The maximum absolute atomic E-state index is 12.7. The number of nitrogens with one attached hydrogen (secondary N) is 2. The summed E-state index contributed by atoms with van der Waals surface area (Å²) in [6.45, 7) is 7.17. The Balaban J connectivity index is 2.09. The van der Waals surface area contributed by atoms with Crippen molar-refractivity contribution in [3.63, 3.8) is 0 Å². The normalized spacial score (nSPS) is 12.3. The number of carbonyl (C=O) groups excluding carboxylic acids is 2. The fourth-order valence-electron chi connectivity index (χ4n) is 2.93. The summed E-state index contributed by atoms with van der Waals surface area (Å²) in [5, 5.41) is 3.98. The van der Waals surface area contributed by atoms with Gasteiger partial charge in [0, 0.05) is 11.4 Å². The predicted molar refractivity (Wildman–Crippen MR) is 117 cm³/mol. The lowest BCUT2D eigenvalue weighted by atomic mass is 10.0. The largest absolute Gasteiger partial charge is 0.325 e. The zero-order valence-electron chi connectivity index (χ0n) is 17.3. The molecule has 2 N–H and O–H groups in total. The monoisotopic (exact) mass is 416 g/mol. The number of hydrogen-bond acceptors (Lipinski definition) is 4. The fourth-order valence-corrected chi connectivity index (χ4v) is 4.01. The number of anilines is 2. The van der Waals surface area contributed by atoms with Crippen LogP contribution in [-0.2, 0) is 32.3 Å². The number of hydrogen-bond donors (Lipinski definition) is 2. The molecule has 0 saturated carbocycles. The standard InChI is InChI=1S/C22H28N2O4S/c1-5-17-8-7-9-18(6-2)21(17)24-22(26)16(4)29(27,28)14-20(25)23-19-12-10-15(3)11-13-19/h7-13,16H,5-6,14H2,1-4H3,(H,23,25)(H,24,26). The maximum atomic E-state index is 12.7. The minimum absolute atomic E-state index is 0.511. The lowest BCUT2D eigenvalue weighted by molar-refractivity contribution is -0.115. The van der Waals surface area contributed by atoms with Gasteiger partial charge in [-0.15, -0.1) is 0 Å². The van der Waals surface area contributed by atoms with E-state index in [4.69, 9.17) is 0 Å². The Morgan fingerprint density at radius 1 is 0.931 bits per heavy atom. The van der Waals surface area contributed by atoms with E-state index in [1.54, 1.807) is 12.1 Å². The molecule has 0 saturated heterocycles. The molecule has 2 rings (SSSR count). The SMILES string of the molecule is CCc1cccc(CC)c1NC(=O)C(C)S(=O)(=O)CC(=O)Nc1ccc(C)cc1. The molecule has 0 aliphatic carbocycles. The summed E-state index contributed by atoms with van der Waals surface area (Å²) in [5.41, 5.74) is 4.09. The van der Waals surface area contributed by atoms with Crippen LogP contribution in [0.2, 0.25) is 0 Å². The highest BCUT2D eigenvalue weighted by Crippen LogP contribution is 2.23. The molecule has 0 radical (unpaired) electrons. The molecule has 7 heteroatoms. The van der Waals surface area contributed by atoms with Gasteiger partial charge in [0.1, 0.15) is 11.0 Å². The lowest BCUT2D eigenvalue weighted by Gasteiger charge is -2.17. The van der Waals surface area contributed by atoms with Gasteiger partial charge >= 0.3 is 0 Å². The number of rotatable bonds is 8. The summed E-state index contributed by atoms with van der Waals surface area (Å²) in [6, 6.07) is 12.8. The van der Waals surface area contributed by atoms with Gasteiger partial charge in [-0.1, -0.05) is 49.7 Å². The summed E-state index contributed by atoms with van der Waals surface area (Å²) in [4.78, 5) is 24.8. The van der Waals surface area contributed by atoms with Crippen molar-refractivity contribution in [2.24, 2.45) is 0 Å². The van der Waals surface area contributed by atoms with Gasteiger partial charge in [-0.05, 0) is 49.9 Å². The second-order valence-electron chi connectivity index (χ2n) is 7.01. The molecule has 6 nitrogen and oxygen atoms in total. The molecular formula is C22H28N2O4S. The van der Waals surface area contributed by atoms with E-state index in [0.29, 0.717) is 24.2 Å². The maximum Gasteiger partial charge on any atom is 0.242 e. The Morgan fingerprint density at radius 2 is 1.48 bits per heavy atom. The van der Waals surface area contributed by atoms with Crippen LogP contribution in [-0.4, -0.2) is 31.2 Å². The van der Waals surface area contributed by atoms with Crippen molar-refractivity contribution < 1.29 is 18.0 Å². The second-order valence-corrected chi connectivity index (χ2v) is 9.33. The van der Waals surface area contributed by atoms with E-state index in [1.165, 1.54) is 6.92 Å². The minimum Gasteiger partial charge on any atom is -0.325 e. The van der Waals surface area contributed by atoms with Crippen molar-refractivity contribution in [3.05, 3.63) is 59.2 Å². The molecule has 0 bridgehead atoms. The Morgan fingerprint density at radius 3 is 2.00 bits per heavy atom. The summed E-state index contributed by atoms with van der Waals surface area (Å²) in [7, 11) is -3.97. The zero-order chi connectivity index (χ0) is 21.6. The first-order valence-electron chi connectivity index (χ1n) is 9.67. The van der Waals surface area contributed by atoms with Crippen LogP contribution in [0.15, 0.2) is 42.5 Å². The van der Waals surface area contributed by atoms with Crippen LogP contribution >= 0.6 is 0 Å². The average Bonchev–Trinajstić information content (AvgIpc) is 2.68. The van der Waals surface area contributed by atoms with Crippen LogP contribution in [0.4, 0.5) is 11.4 Å². The molecule has 0 aliphatic rings. The molecule has 0 aromatic heterocycles. The van der Waals surface area contributed by atoms with Crippen molar-refractivity contribution in [1.29, 1.82) is 0 Å². The van der Waals surface area contributed by atoms with E-state index in [9.17, 15) is 18.0 Å². The smallest absolute Gasteiger partial charge is 0.242 e. The van der Waals surface area contributed by atoms with Crippen molar-refractivity contribution in [1.82, 2.24) is 0 Å². The van der Waals surface area contributed by atoms with Crippen molar-refractivity contribution in [2.45, 2.75) is 45.8 Å². The van der Waals surface area contributed by atoms with E-state index < -0.39 is 32.7 Å². The van der Waals surface area contributed by atoms with Crippen LogP contribution in [0.3, 0.4) is 0 Å². The third-order valence-corrected chi connectivity index (χ3v) is 6.78. The minimum atomic E-state index is -3.97. The van der Waals surface area contributed by atoms with Crippen LogP contribution in [0.25, 0.3) is 0 Å². The van der Waals surface area contributed by atoms with Gasteiger partial charge in [-0.2, -0.15) is 0 Å². The molecule has 0 aliphatic heterocycles. The molecule has 29 heavy (non-hydrogen) atoms. The molecule has 0 fully saturated rings. The van der Waals surface area contributed by atoms with E-state index in [2.05, 4.69) is 10.6 Å². The second kappa shape index (κ2) is 9.69. The molecule has 2 aromatic rings. The van der Waals surface area contributed by atoms with Crippen LogP contribution in [0.5, 0.6) is 0 Å². The van der Waals surface area contributed by atoms with Gasteiger partial charge in [0.2, 0.25) is 11.8 Å². The summed E-state index contributed by atoms with van der Waals surface area (Å²) in [6.07, 6.45) is 1.42. The lowest BCUT2D eigenvalue weighted by Crippen LogP contribution is -2.37. The Kier molecular flexibility index (Phi) is 7.56. The molecule has 0 spiro atoms. The molecule has 0 heterocycles. The first kappa shape index (κ1) is 22.6. The topological polar surface area (TPSA) is 92.3 Å². The number of carbonyl (C=O) groups is 2. The highest BCUT2D eigenvalue weighted by Gasteiger charge is 2.31. The Hall–Kier alpha value is -2.67. The number of sulfone groups is 1. The van der Waals surface area contributed by atoms with Crippen LogP contribution < -0.4 is 10.6 Å². The van der Waals surface area contributed by atoms with E-state index in [0.717, 1.165) is 16.7 Å². The van der Waals surface area contributed by atoms with Crippen molar-refractivity contribution in [2.75, 3.05) is 16.4 Å². The number of amides is 2. The van der Waals surface area contributed by atoms with Crippen LogP contribution in [0.1, 0.15) is 37.5 Å². The van der Waals surface area contributed by atoms with Crippen LogP contribution in [0, 0.1) is 6.92 Å². The zero-order valence-corrected chi connectivity index (χ0v) is 18.1. The number of para-hydroxylation sites is 1. The quantitative estimate of drug-likeness (QED) is 0.689. The van der Waals surface area contributed by atoms with Gasteiger partial charge in [-0.25, -0.2) is 8.42 Å². The first-order valence-corrected chi connectivity index (χ1v) is 11.4. The van der Waals surface area contributed by atoms with E-state index in [1.807, 2.05) is 51.1 Å².